The lowest BCUT2D eigenvalue weighted by Crippen LogP contribution is -2.39. The average molecular weight is 260 g/mol. The first-order chi connectivity index (χ1) is 7.65. The molecule has 1 heterocycles. The Morgan fingerprint density at radius 1 is 1.50 bits per heavy atom. The molecule has 2 nitrogen and oxygen atoms in total. The minimum absolute atomic E-state index is 0.381. The van der Waals surface area contributed by atoms with Gasteiger partial charge in [0.1, 0.15) is 0 Å². The molecule has 4 heteroatoms. The first kappa shape index (κ1) is 14.2. The van der Waals surface area contributed by atoms with Crippen molar-refractivity contribution in [3.8, 4) is 0 Å². The highest BCUT2D eigenvalue weighted by Crippen LogP contribution is 2.30. The van der Waals surface area contributed by atoms with Gasteiger partial charge in [-0.1, -0.05) is 32.5 Å². The third-order valence-corrected chi connectivity index (χ3v) is 6.20. The highest BCUT2D eigenvalue weighted by molar-refractivity contribution is 8.13. The van der Waals surface area contributed by atoms with Crippen LogP contribution in [0, 0.1) is 5.92 Å². The van der Waals surface area contributed by atoms with Crippen LogP contribution in [-0.4, -0.2) is 35.0 Å². The van der Waals surface area contributed by atoms with Crippen molar-refractivity contribution in [3.63, 3.8) is 0 Å². The molecule has 0 bridgehead atoms. The van der Waals surface area contributed by atoms with Crippen molar-refractivity contribution in [2.24, 2.45) is 10.9 Å². The molecule has 1 aliphatic rings. The lowest BCUT2D eigenvalue weighted by molar-refractivity contribution is 0.537. The van der Waals surface area contributed by atoms with E-state index in [1.807, 2.05) is 23.5 Å². The minimum atomic E-state index is 0.381. The molecule has 0 spiro atoms. The molecule has 0 amide bonds. The van der Waals surface area contributed by atoms with Crippen molar-refractivity contribution in [2.75, 3.05) is 25.1 Å². The van der Waals surface area contributed by atoms with Crippen LogP contribution in [0.3, 0.4) is 0 Å². The SMILES string of the molecule is CCC(CC)(CNC1=NCC(C)CS1)SC. The van der Waals surface area contributed by atoms with Gasteiger partial charge in [0.25, 0.3) is 0 Å². The largest absolute Gasteiger partial charge is 0.364 e. The van der Waals surface area contributed by atoms with E-state index in [0.29, 0.717) is 4.75 Å². The molecule has 0 aromatic carbocycles. The van der Waals surface area contributed by atoms with Crippen molar-refractivity contribution in [3.05, 3.63) is 0 Å². The van der Waals surface area contributed by atoms with Gasteiger partial charge in [-0.25, -0.2) is 0 Å². The second-order valence-corrected chi connectivity index (χ2v) is 6.79. The number of nitrogens with zero attached hydrogens (tertiary/aromatic N) is 1. The fourth-order valence-electron chi connectivity index (χ4n) is 1.76. The lowest BCUT2D eigenvalue weighted by atomic mass is 10.0. The predicted octanol–water partition coefficient (Wildman–Crippen LogP) is 3.24. The zero-order valence-electron chi connectivity index (χ0n) is 10.9. The van der Waals surface area contributed by atoms with E-state index in [-0.39, 0.29) is 0 Å². The van der Waals surface area contributed by atoms with Gasteiger partial charge in [0, 0.05) is 23.6 Å². The van der Waals surface area contributed by atoms with Crippen LogP contribution in [0.4, 0.5) is 0 Å². The van der Waals surface area contributed by atoms with Gasteiger partial charge in [0.05, 0.1) is 0 Å². The zero-order chi connectivity index (χ0) is 12.0. The van der Waals surface area contributed by atoms with E-state index >= 15 is 0 Å². The first-order valence-corrected chi connectivity index (χ1v) is 8.33. The summed E-state index contributed by atoms with van der Waals surface area (Å²) in [6.45, 7) is 8.85. The topological polar surface area (TPSA) is 24.4 Å². The number of aliphatic imine (C=N–C) groups is 1. The van der Waals surface area contributed by atoms with Crippen LogP contribution in [0.1, 0.15) is 33.6 Å². The second kappa shape index (κ2) is 6.80. The van der Waals surface area contributed by atoms with Crippen molar-refractivity contribution >= 4 is 28.7 Å². The van der Waals surface area contributed by atoms with Crippen molar-refractivity contribution in [2.45, 2.75) is 38.4 Å². The Labute approximate surface area is 108 Å². The maximum atomic E-state index is 4.58. The molecule has 0 saturated heterocycles. The maximum Gasteiger partial charge on any atom is 0.156 e. The molecule has 1 N–H and O–H groups in total. The number of amidine groups is 1. The van der Waals surface area contributed by atoms with Crippen molar-refractivity contribution in [1.82, 2.24) is 5.32 Å². The molecule has 94 valence electrons. The van der Waals surface area contributed by atoms with E-state index < -0.39 is 0 Å². The molecule has 16 heavy (non-hydrogen) atoms. The summed E-state index contributed by atoms with van der Waals surface area (Å²) >= 11 is 3.85. The Balaban J connectivity index is 2.43. The Bertz CT molecular complexity index is 229. The predicted molar refractivity (Wildman–Crippen MR) is 78.8 cm³/mol. The summed E-state index contributed by atoms with van der Waals surface area (Å²) in [5.74, 6) is 1.94. The minimum Gasteiger partial charge on any atom is -0.364 e. The fraction of sp³-hybridized carbons (Fsp3) is 0.917. The molecule has 1 rings (SSSR count). The molecule has 0 saturated carbocycles. The van der Waals surface area contributed by atoms with Gasteiger partial charge in [-0.2, -0.15) is 11.8 Å². The summed E-state index contributed by atoms with van der Waals surface area (Å²) < 4.78 is 0.381. The van der Waals surface area contributed by atoms with E-state index in [4.69, 9.17) is 0 Å². The summed E-state index contributed by atoms with van der Waals surface area (Å²) in [5, 5.41) is 4.68. The van der Waals surface area contributed by atoms with E-state index in [9.17, 15) is 0 Å². The monoisotopic (exact) mass is 260 g/mol. The van der Waals surface area contributed by atoms with Crippen LogP contribution >= 0.6 is 23.5 Å². The summed E-state index contributed by atoms with van der Waals surface area (Å²) in [6, 6.07) is 0. The number of thioether (sulfide) groups is 2. The van der Waals surface area contributed by atoms with E-state index in [2.05, 4.69) is 37.3 Å². The van der Waals surface area contributed by atoms with Crippen molar-refractivity contribution < 1.29 is 0 Å². The maximum absolute atomic E-state index is 4.58. The normalized spacial score (nSPS) is 21.8. The highest BCUT2D eigenvalue weighted by atomic mass is 32.2. The van der Waals surface area contributed by atoms with Crippen LogP contribution < -0.4 is 5.32 Å². The van der Waals surface area contributed by atoms with Gasteiger partial charge in [-0.3, -0.25) is 4.99 Å². The van der Waals surface area contributed by atoms with Gasteiger partial charge < -0.3 is 5.32 Å². The molecule has 0 aromatic heterocycles. The van der Waals surface area contributed by atoms with Crippen LogP contribution in [-0.2, 0) is 0 Å². The number of hydrogen-bond acceptors (Lipinski definition) is 4. The Kier molecular flexibility index (Phi) is 6.05. The molecule has 1 atom stereocenters. The molecule has 1 aliphatic heterocycles. The van der Waals surface area contributed by atoms with Gasteiger partial charge >= 0.3 is 0 Å². The average Bonchev–Trinajstić information content (AvgIpc) is 2.34. The van der Waals surface area contributed by atoms with Crippen LogP contribution in [0.15, 0.2) is 4.99 Å². The summed E-state index contributed by atoms with van der Waals surface area (Å²) in [7, 11) is 0. The number of hydrogen-bond donors (Lipinski definition) is 1. The van der Waals surface area contributed by atoms with E-state index in [1.54, 1.807) is 0 Å². The molecular formula is C12H24N2S2. The van der Waals surface area contributed by atoms with Crippen LogP contribution in [0.2, 0.25) is 0 Å². The van der Waals surface area contributed by atoms with Crippen molar-refractivity contribution in [1.29, 1.82) is 0 Å². The molecule has 0 radical (unpaired) electrons. The first-order valence-electron chi connectivity index (χ1n) is 6.12. The van der Waals surface area contributed by atoms with Gasteiger partial charge in [0.2, 0.25) is 0 Å². The fourth-order valence-corrected chi connectivity index (χ4v) is 3.44. The molecule has 1 unspecified atom stereocenters. The van der Waals surface area contributed by atoms with Gasteiger partial charge in [0.15, 0.2) is 5.17 Å². The van der Waals surface area contributed by atoms with E-state index in [0.717, 1.165) is 24.2 Å². The summed E-state index contributed by atoms with van der Waals surface area (Å²) in [6.07, 6.45) is 4.64. The Hall–Kier alpha value is 0.170. The van der Waals surface area contributed by atoms with Gasteiger partial charge in [-0.05, 0) is 25.0 Å². The Morgan fingerprint density at radius 2 is 2.19 bits per heavy atom. The smallest absolute Gasteiger partial charge is 0.156 e. The third-order valence-electron chi connectivity index (χ3n) is 3.33. The van der Waals surface area contributed by atoms with Crippen LogP contribution in [0.5, 0.6) is 0 Å². The third kappa shape index (κ3) is 3.88. The van der Waals surface area contributed by atoms with Gasteiger partial charge in [-0.15, -0.1) is 0 Å². The zero-order valence-corrected chi connectivity index (χ0v) is 12.5. The number of nitrogens with one attached hydrogen (secondary N) is 1. The Morgan fingerprint density at radius 3 is 2.62 bits per heavy atom. The summed E-state index contributed by atoms with van der Waals surface area (Å²) in [4.78, 5) is 4.58. The second-order valence-electron chi connectivity index (χ2n) is 4.51. The lowest BCUT2D eigenvalue weighted by Gasteiger charge is -2.31. The summed E-state index contributed by atoms with van der Waals surface area (Å²) in [5.41, 5.74) is 0. The molecule has 0 fully saturated rings. The molecule has 0 aromatic rings. The number of rotatable bonds is 5. The van der Waals surface area contributed by atoms with Crippen LogP contribution in [0.25, 0.3) is 0 Å². The molecular weight excluding hydrogens is 236 g/mol. The standard InChI is InChI=1S/C12H24N2S2/c1-5-12(6-2,15-4)9-14-11-13-7-10(3)8-16-11/h10H,5-9H2,1-4H3,(H,13,14). The highest BCUT2D eigenvalue weighted by Gasteiger charge is 2.25. The molecule has 0 aliphatic carbocycles. The van der Waals surface area contributed by atoms with E-state index in [1.165, 1.54) is 18.6 Å². The quantitative estimate of drug-likeness (QED) is 0.821.